The van der Waals surface area contributed by atoms with Crippen molar-refractivity contribution in [3.05, 3.63) is 46.9 Å². The van der Waals surface area contributed by atoms with Crippen molar-refractivity contribution in [2.45, 2.75) is 29.5 Å². The van der Waals surface area contributed by atoms with Crippen LogP contribution in [0.25, 0.3) is 0 Å². The van der Waals surface area contributed by atoms with Crippen LogP contribution in [0.15, 0.2) is 34.7 Å². The van der Waals surface area contributed by atoms with E-state index in [-0.39, 0.29) is 16.2 Å². The van der Waals surface area contributed by atoms with E-state index in [9.17, 15) is 17.6 Å². The fourth-order valence-electron chi connectivity index (χ4n) is 2.84. The first-order valence-corrected chi connectivity index (χ1v) is 10.3. The molecule has 8 heteroatoms. The molecule has 1 fully saturated rings. The van der Waals surface area contributed by atoms with Crippen molar-refractivity contribution in [2.75, 3.05) is 12.8 Å². The van der Waals surface area contributed by atoms with Crippen molar-refractivity contribution in [2.24, 2.45) is 0 Å². The Bertz CT molecular complexity index is 846. The summed E-state index contributed by atoms with van der Waals surface area (Å²) in [4.78, 5) is 19.0. The van der Waals surface area contributed by atoms with Crippen molar-refractivity contribution in [3.8, 4) is 0 Å². The maximum atomic E-state index is 13.1. The molecule has 1 amide bonds. The lowest BCUT2D eigenvalue weighted by molar-refractivity contribution is 0.0611. The Hall–Kier alpha value is -1.80. The van der Waals surface area contributed by atoms with Gasteiger partial charge in [0, 0.05) is 12.8 Å². The maximum absolute atomic E-state index is 13.1. The molecule has 0 saturated carbocycles. The van der Waals surface area contributed by atoms with Crippen LogP contribution in [-0.4, -0.2) is 37.0 Å². The fourth-order valence-corrected chi connectivity index (χ4v) is 4.73. The number of halogens is 1. The Balaban J connectivity index is 1.88. The molecule has 0 N–H and O–H groups in total. The third-order valence-corrected chi connectivity index (χ3v) is 6.91. The molecule has 1 aliphatic rings. The largest absolute Gasteiger partial charge is 0.329 e. The van der Waals surface area contributed by atoms with Gasteiger partial charge in [0.1, 0.15) is 10.0 Å². The smallest absolute Gasteiger partial charge is 0.264 e. The summed E-state index contributed by atoms with van der Waals surface area (Å²) in [6, 6.07) is 5.74. The number of sulfone groups is 1. The topological polar surface area (TPSA) is 67.3 Å². The summed E-state index contributed by atoms with van der Waals surface area (Å²) in [6.45, 7) is 0.578. The number of amides is 1. The van der Waals surface area contributed by atoms with Gasteiger partial charge in [-0.05, 0) is 43.5 Å². The molecule has 0 aromatic carbocycles. The SMILES string of the molecule is CS(=O)(=O)c1ccc(C(=O)N2CCCC[C@H]2c2ccc(F)cn2)s1. The zero-order chi connectivity index (χ0) is 17.3. The number of hydrogen-bond donors (Lipinski definition) is 0. The third-order valence-electron chi connectivity index (χ3n) is 4.01. The number of aromatic nitrogens is 1. The molecule has 0 bridgehead atoms. The van der Waals surface area contributed by atoms with Crippen LogP contribution >= 0.6 is 11.3 Å². The first kappa shape index (κ1) is 17.0. The molecule has 0 unspecified atom stereocenters. The van der Waals surface area contributed by atoms with Crippen LogP contribution < -0.4 is 0 Å². The Morgan fingerprint density at radius 3 is 2.71 bits per heavy atom. The molecule has 3 rings (SSSR count). The van der Waals surface area contributed by atoms with Gasteiger partial charge < -0.3 is 4.90 Å². The van der Waals surface area contributed by atoms with Gasteiger partial charge in [-0.15, -0.1) is 11.3 Å². The number of pyridine rings is 1. The van der Waals surface area contributed by atoms with Crippen LogP contribution in [-0.2, 0) is 9.84 Å². The molecule has 3 heterocycles. The quantitative estimate of drug-likeness (QED) is 0.835. The average molecular weight is 368 g/mol. The van der Waals surface area contributed by atoms with Gasteiger partial charge in [-0.3, -0.25) is 9.78 Å². The molecule has 24 heavy (non-hydrogen) atoms. The van der Waals surface area contributed by atoms with E-state index in [1.54, 1.807) is 17.0 Å². The number of thiophene rings is 1. The minimum atomic E-state index is -3.32. The molecule has 1 atom stereocenters. The number of carbonyl (C=O) groups excluding carboxylic acids is 1. The molecule has 128 valence electrons. The normalized spacial score (nSPS) is 18.6. The number of hydrogen-bond acceptors (Lipinski definition) is 5. The predicted molar refractivity (Wildman–Crippen MR) is 89.3 cm³/mol. The number of carbonyl (C=O) groups is 1. The van der Waals surface area contributed by atoms with E-state index in [0.717, 1.165) is 43.1 Å². The second-order valence-electron chi connectivity index (χ2n) is 5.80. The van der Waals surface area contributed by atoms with Crippen molar-refractivity contribution in [1.82, 2.24) is 9.88 Å². The zero-order valence-electron chi connectivity index (χ0n) is 13.1. The van der Waals surface area contributed by atoms with E-state index in [1.165, 1.54) is 12.1 Å². The Morgan fingerprint density at radius 1 is 1.29 bits per heavy atom. The van der Waals surface area contributed by atoms with Crippen LogP contribution in [0.3, 0.4) is 0 Å². The number of nitrogens with zero attached hydrogens (tertiary/aromatic N) is 2. The van der Waals surface area contributed by atoms with Gasteiger partial charge >= 0.3 is 0 Å². The molecular formula is C16H17FN2O3S2. The second-order valence-corrected chi connectivity index (χ2v) is 9.13. The van der Waals surface area contributed by atoms with Crippen LogP contribution in [0.2, 0.25) is 0 Å². The van der Waals surface area contributed by atoms with E-state index >= 15 is 0 Å². The highest BCUT2D eigenvalue weighted by molar-refractivity contribution is 7.92. The lowest BCUT2D eigenvalue weighted by Gasteiger charge is -2.35. The standard InChI is InChI=1S/C16H17FN2O3S2/c1-24(21,22)15-8-7-14(23-15)16(20)19-9-3-2-4-13(19)12-6-5-11(17)10-18-12/h5-8,10,13H,2-4,9H2,1H3/t13-/m0/s1. The van der Waals surface area contributed by atoms with Crippen LogP contribution in [0.4, 0.5) is 4.39 Å². The van der Waals surface area contributed by atoms with E-state index in [4.69, 9.17) is 0 Å². The molecule has 1 aliphatic heterocycles. The summed E-state index contributed by atoms with van der Waals surface area (Å²) in [5.41, 5.74) is 0.657. The fraction of sp³-hybridized carbons (Fsp3) is 0.375. The van der Waals surface area contributed by atoms with Crippen LogP contribution in [0.1, 0.15) is 40.7 Å². The van der Waals surface area contributed by atoms with Gasteiger partial charge in [-0.2, -0.15) is 0 Å². The monoisotopic (exact) mass is 368 g/mol. The molecule has 5 nitrogen and oxygen atoms in total. The Kier molecular flexibility index (Phi) is 4.69. The maximum Gasteiger partial charge on any atom is 0.264 e. The van der Waals surface area contributed by atoms with Gasteiger partial charge in [0.2, 0.25) is 0 Å². The summed E-state index contributed by atoms with van der Waals surface area (Å²) in [5.74, 6) is -0.616. The van der Waals surface area contributed by atoms with Gasteiger partial charge in [0.25, 0.3) is 5.91 Å². The highest BCUT2D eigenvalue weighted by atomic mass is 32.2. The number of piperidine rings is 1. The Morgan fingerprint density at radius 2 is 2.08 bits per heavy atom. The minimum absolute atomic E-state index is 0.180. The molecule has 0 spiro atoms. The van der Waals surface area contributed by atoms with Gasteiger partial charge in [0.05, 0.1) is 22.8 Å². The first-order valence-electron chi connectivity index (χ1n) is 7.58. The van der Waals surface area contributed by atoms with Crippen molar-refractivity contribution in [1.29, 1.82) is 0 Å². The Labute approximate surface area is 144 Å². The summed E-state index contributed by atoms with van der Waals surface area (Å²) in [5, 5.41) is 0. The lowest BCUT2D eigenvalue weighted by Crippen LogP contribution is -2.38. The lowest BCUT2D eigenvalue weighted by atomic mass is 9.98. The molecule has 0 radical (unpaired) electrons. The van der Waals surface area contributed by atoms with Crippen molar-refractivity contribution in [3.63, 3.8) is 0 Å². The minimum Gasteiger partial charge on any atom is -0.329 e. The van der Waals surface area contributed by atoms with E-state index in [0.29, 0.717) is 17.1 Å². The van der Waals surface area contributed by atoms with E-state index < -0.39 is 15.7 Å². The molecule has 0 aliphatic carbocycles. The molecule has 2 aromatic heterocycles. The molecular weight excluding hydrogens is 351 g/mol. The summed E-state index contributed by atoms with van der Waals surface area (Å²) >= 11 is 0.982. The van der Waals surface area contributed by atoms with Crippen molar-refractivity contribution < 1.29 is 17.6 Å². The van der Waals surface area contributed by atoms with Crippen molar-refractivity contribution >= 4 is 27.1 Å². The van der Waals surface area contributed by atoms with Crippen LogP contribution in [0.5, 0.6) is 0 Å². The summed E-state index contributed by atoms with van der Waals surface area (Å²) < 4.78 is 36.5. The summed E-state index contributed by atoms with van der Waals surface area (Å²) in [6.07, 6.45) is 4.88. The number of rotatable bonds is 3. The first-order chi connectivity index (χ1) is 11.4. The third kappa shape index (κ3) is 3.49. The van der Waals surface area contributed by atoms with Gasteiger partial charge in [-0.1, -0.05) is 0 Å². The van der Waals surface area contributed by atoms with E-state index in [2.05, 4.69) is 4.98 Å². The average Bonchev–Trinajstić information content (AvgIpc) is 3.05. The highest BCUT2D eigenvalue weighted by Crippen LogP contribution is 2.33. The highest BCUT2D eigenvalue weighted by Gasteiger charge is 2.30. The second kappa shape index (κ2) is 6.60. The van der Waals surface area contributed by atoms with Crippen LogP contribution in [0, 0.1) is 5.82 Å². The molecule has 1 saturated heterocycles. The zero-order valence-corrected chi connectivity index (χ0v) is 14.7. The predicted octanol–water partition coefficient (Wildman–Crippen LogP) is 3.05. The van der Waals surface area contributed by atoms with Gasteiger partial charge in [-0.25, -0.2) is 12.8 Å². The van der Waals surface area contributed by atoms with Gasteiger partial charge in [0.15, 0.2) is 9.84 Å². The molecule has 2 aromatic rings. The number of likely N-dealkylation sites (tertiary alicyclic amines) is 1. The summed E-state index contributed by atoms with van der Waals surface area (Å²) in [7, 11) is -3.32. The van der Waals surface area contributed by atoms with E-state index in [1.807, 2.05) is 0 Å².